The number of nitrogens with zero attached hydrogens (tertiary/aromatic N) is 1. The summed E-state index contributed by atoms with van der Waals surface area (Å²) < 4.78 is 0. The van der Waals surface area contributed by atoms with Crippen LogP contribution in [0.3, 0.4) is 0 Å². The van der Waals surface area contributed by atoms with Crippen LogP contribution in [0, 0.1) is 74.9 Å². The van der Waals surface area contributed by atoms with E-state index in [-0.39, 0.29) is 57.2 Å². The van der Waals surface area contributed by atoms with E-state index in [4.69, 9.17) is 0 Å². The van der Waals surface area contributed by atoms with Gasteiger partial charge in [-0.05, 0) is 160 Å². The minimum atomic E-state index is -0.757. The highest BCUT2D eigenvalue weighted by atomic mass is 16.4. The molecule has 6 aliphatic carbocycles. The van der Waals surface area contributed by atoms with Crippen LogP contribution in [0.15, 0.2) is 17.2 Å². The summed E-state index contributed by atoms with van der Waals surface area (Å²) in [5.41, 5.74) is 3.97. The number of H-pyrrole nitrogens is 1. The molecule has 5 fully saturated rings. The van der Waals surface area contributed by atoms with Gasteiger partial charge in [-0.25, -0.2) is 0 Å². The van der Waals surface area contributed by atoms with E-state index in [0.717, 1.165) is 37.1 Å². The van der Waals surface area contributed by atoms with Crippen LogP contribution >= 0.6 is 0 Å². The Kier molecular flexibility index (Phi) is 11.4. The lowest BCUT2D eigenvalue weighted by Gasteiger charge is -2.69. The van der Waals surface area contributed by atoms with Crippen molar-refractivity contribution in [1.82, 2.24) is 20.8 Å². The lowest BCUT2D eigenvalue weighted by atomic mass is 9.35. The Balaban J connectivity index is 1.03. The van der Waals surface area contributed by atoms with Crippen LogP contribution in [0.1, 0.15) is 175 Å². The van der Waals surface area contributed by atoms with Crippen molar-refractivity contribution in [3.8, 4) is 0 Å². The third-order valence-corrected chi connectivity index (χ3v) is 18.2. The van der Waals surface area contributed by atoms with E-state index in [2.05, 4.69) is 76.2 Å². The predicted octanol–water partition coefficient (Wildman–Crippen LogP) is 9.54. The number of aliphatic carboxylic acids is 1. The van der Waals surface area contributed by atoms with E-state index in [1.807, 2.05) is 26.8 Å². The fourth-order valence-corrected chi connectivity index (χ4v) is 15.0. The van der Waals surface area contributed by atoms with Crippen LogP contribution in [0.5, 0.6) is 0 Å². The van der Waals surface area contributed by atoms with Gasteiger partial charge in [0, 0.05) is 42.0 Å². The highest BCUT2D eigenvalue weighted by molar-refractivity contribution is 6.00. The first kappa shape index (κ1) is 43.3. The number of amides is 1. The predicted molar refractivity (Wildman–Crippen MR) is 228 cm³/mol. The Hall–Kier alpha value is -2.81. The molecule has 0 aromatic carbocycles. The summed E-state index contributed by atoms with van der Waals surface area (Å²) in [6.45, 7) is 26.3. The highest BCUT2D eigenvalue weighted by Crippen LogP contribution is 2.74. The number of allylic oxidation sites excluding steroid dienone is 2. The molecule has 0 radical (unpaired) electrons. The Morgan fingerprint density at radius 1 is 0.931 bits per heavy atom. The number of carbonyl (C=O) groups is 4. The van der Waals surface area contributed by atoms with Gasteiger partial charge in [-0.15, -0.1) is 0 Å². The molecule has 11 atom stereocenters. The molecule has 1 amide bonds. The molecule has 4 N–H and O–H groups in total. The second kappa shape index (κ2) is 15.3. The number of nitrogens with one attached hydrogen (secondary N) is 3. The molecular formula is C49H76N4O5. The fourth-order valence-electron chi connectivity index (χ4n) is 15.0. The number of Topliss-reactive ketones (excluding diaryl/α,β-unsaturated/α-hetero) is 2. The third kappa shape index (κ3) is 7.17. The van der Waals surface area contributed by atoms with Crippen molar-refractivity contribution in [2.45, 2.75) is 165 Å². The number of carboxylic acid groups (broad SMARTS) is 1. The molecule has 1 aromatic rings. The average Bonchev–Trinajstić information content (AvgIpc) is 3.74. The zero-order valence-corrected chi connectivity index (χ0v) is 37.8. The average molecular weight is 801 g/mol. The zero-order valence-electron chi connectivity index (χ0n) is 37.8. The van der Waals surface area contributed by atoms with Gasteiger partial charge in [0.1, 0.15) is 11.5 Å². The highest BCUT2D eigenvalue weighted by Gasteiger charge is 2.66. The molecule has 58 heavy (non-hydrogen) atoms. The molecule has 11 unspecified atom stereocenters. The van der Waals surface area contributed by atoms with Gasteiger partial charge >= 0.3 is 5.97 Å². The van der Waals surface area contributed by atoms with E-state index in [1.165, 1.54) is 44.1 Å². The van der Waals surface area contributed by atoms with Crippen LogP contribution in [0.4, 0.5) is 0 Å². The summed E-state index contributed by atoms with van der Waals surface area (Å²) in [4.78, 5) is 52.4. The molecule has 1 aromatic heterocycles. The molecule has 1 heterocycles. The number of aromatic nitrogens is 2. The van der Waals surface area contributed by atoms with Gasteiger partial charge in [0.15, 0.2) is 5.78 Å². The minimum absolute atomic E-state index is 0.0492. The number of rotatable bonds is 13. The molecule has 0 bridgehead atoms. The van der Waals surface area contributed by atoms with Gasteiger partial charge in [-0.2, -0.15) is 5.10 Å². The Morgan fingerprint density at radius 3 is 2.28 bits per heavy atom. The first-order chi connectivity index (χ1) is 27.1. The monoisotopic (exact) mass is 801 g/mol. The van der Waals surface area contributed by atoms with Crippen molar-refractivity contribution in [2.75, 3.05) is 13.1 Å². The summed E-state index contributed by atoms with van der Waals surface area (Å²) in [7, 11) is 0. The topological polar surface area (TPSA) is 141 Å². The summed E-state index contributed by atoms with van der Waals surface area (Å²) in [6.07, 6.45) is 12.0. The summed E-state index contributed by atoms with van der Waals surface area (Å²) in [5.74, 6) is 2.30. The number of aromatic amines is 1. The van der Waals surface area contributed by atoms with E-state index >= 15 is 0 Å². The molecule has 322 valence electrons. The summed E-state index contributed by atoms with van der Waals surface area (Å²) in [5, 5.41) is 23.7. The molecule has 7 rings (SSSR count). The number of hydrogen-bond donors (Lipinski definition) is 4. The van der Waals surface area contributed by atoms with Crippen LogP contribution in [0.25, 0.3) is 0 Å². The number of ketones is 2. The number of carboxylic acids is 1. The number of fused-ring (bicyclic) bond motifs is 7. The standard InChI is InChI=1S/C49H76N4O5/c1-27(2)35-24-36(53-52-35)43(56)51-45(6,7)26-50-21-20-49-19-15-34-31(42(49)41(28(3)4)38(55)25-49)12-13-40-47(34,10)18-16-39-46(8,9)30(14-17-48(39,40)11)22-37(54)32-23-33(29(32)5)44(57)58/h24,27-34,39-40,50H,12-23,25-26H2,1-11H3,(H,51,56)(H,52,53)(H,57,58). The summed E-state index contributed by atoms with van der Waals surface area (Å²) in [6, 6.07) is 1.84. The smallest absolute Gasteiger partial charge is 0.306 e. The lowest BCUT2D eigenvalue weighted by Crippen LogP contribution is -2.62. The van der Waals surface area contributed by atoms with Gasteiger partial charge in [-0.1, -0.05) is 67.9 Å². The van der Waals surface area contributed by atoms with E-state index in [1.54, 1.807) is 0 Å². The van der Waals surface area contributed by atoms with Gasteiger partial charge in [0.25, 0.3) is 5.91 Å². The van der Waals surface area contributed by atoms with E-state index in [9.17, 15) is 24.3 Å². The fraction of sp³-hybridized carbons (Fsp3) is 0.816. The van der Waals surface area contributed by atoms with Crippen molar-refractivity contribution < 1.29 is 24.3 Å². The van der Waals surface area contributed by atoms with Gasteiger partial charge in [-0.3, -0.25) is 24.3 Å². The first-order valence-electron chi connectivity index (χ1n) is 23.2. The number of carbonyl (C=O) groups excluding carboxylic acids is 3. The second-order valence-electron chi connectivity index (χ2n) is 22.8. The van der Waals surface area contributed by atoms with Gasteiger partial charge in [0.2, 0.25) is 0 Å². The first-order valence-corrected chi connectivity index (χ1v) is 23.2. The summed E-state index contributed by atoms with van der Waals surface area (Å²) >= 11 is 0. The van der Waals surface area contributed by atoms with E-state index < -0.39 is 11.5 Å². The molecule has 9 heteroatoms. The lowest BCUT2D eigenvalue weighted by molar-refractivity contribution is -0.193. The Bertz CT molecular complexity index is 1820. The third-order valence-electron chi connectivity index (χ3n) is 18.2. The largest absolute Gasteiger partial charge is 0.481 e. The van der Waals surface area contributed by atoms with Crippen molar-refractivity contribution in [3.05, 3.63) is 28.6 Å². The molecular weight excluding hydrogens is 725 g/mol. The molecule has 6 aliphatic rings. The van der Waals surface area contributed by atoms with Crippen LogP contribution < -0.4 is 10.6 Å². The van der Waals surface area contributed by atoms with Crippen molar-refractivity contribution in [2.24, 2.45) is 74.9 Å². The molecule has 0 spiro atoms. The maximum absolute atomic E-state index is 14.1. The number of hydrogen-bond acceptors (Lipinski definition) is 6. The SMILES string of the molecule is CC(C)C1=C2C3CCC4C(C)(CCC5C(C)(C)C(CC(=O)C6CC(C(=O)O)C6C)CCC54C)C3CCC2(CCNCC(C)(C)NC(=O)c2cc(C(C)C)[nH]n2)CC1=O. The molecule has 0 saturated heterocycles. The van der Waals surface area contributed by atoms with Crippen LogP contribution in [-0.2, 0) is 14.4 Å². The Labute approximate surface area is 348 Å². The van der Waals surface area contributed by atoms with Crippen LogP contribution in [0.2, 0.25) is 0 Å². The van der Waals surface area contributed by atoms with E-state index in [0.29, 0.717) is 72.7 Å². The van der Waals surface area contributed by atoms with Gasteiger partial charge < -0.3 is 15.7 Å². The van der Waals surface area contributed by atoms with Crippen LogP contribution in [-0.4, -0.2) is 57.4 Å². The van der Waals surface area contributed by atoms with Crippen molar-refractivity contribution in [3.63, 3.8) is 0 Å². The van der Waals surface area contributed by atoms with Crippen molar-refractivity contribution >= 4 is 23.4 Å². The second-order valence-corrected chi connectivity index (χ2v) is 22.8. The van der Waals surface area contributed by atoms with Gasteiger partial charge in [0.05, 0.1) is 5.92 Å². The minimum Gasteiger partial charge on any atom is -0.481 e. The molecule has 5 saturated carbocycles. The molecule has 9 nitrogen and oxygen atoms in total. The normalized spacial score (nSPS) is 38.1. The maximum Gasteiger partial charge on any atom is 0.306 e. The Morgan fingerprint density at radius 2 is 1.64 bits per heavy atom. The van der Waals surface area contributed by atoms with Crippen molar-refractivity contribution in [1.29, 1.82) is 0 Å². The quantitative estimate of drug-likeness (QED) is 0.146. The zero-order chi connectivity index (χ0) is 42.3. The molecule has 0 aliphatic heterocycles. The maximum atomic E-state index is 14.1.